The molecule has 2 unspecified atom stereocenters. The number of hydrogen-bond donors (Lipinski definition) is 2. The van der Waals surface area contributed by atoms with E-state index >= 15 is 0 Å². The van der Waals surface area contributed by atoms with Crippen LogP contribution in [0.3, 0.4) is 0 Å². The first-order valence-electron chi connectivity index (χ1n) is 5.97. The summed E-state index contributed by atoms with van der Waals surface area (Å²) >= 11 is 0. The van der Waals surface area contributed by atoms with Gasteiger partial charge in [-0.25, -0.2) is 4.39 Å². The first-order valence-corrected chi connectivity index (χ1v) is 5.97. The second-order valence-corrected chi connectivity index (χ2v) is 4.63. The second kappa shape index (κ2) is 5.02. The molecule has 1 aliphatic rings. The van der Waals surface area contributed by atoms with E-state index in [2.05, 4.69) is 0 Å². The quantitative estimate of drug-likeness (QED) is 0.849. The van der Waals surface area contributed by atoms with Gasteiger partial charge in [0.2, 0.25) is 0 Å². The summed E-state index contributed by atoms with van der Waals surface area (Å²) in [6, 6.07) is 4.03. The summed E-state index contributed by atoms with van der Waals surface area (Å²) in [6.07, 6.45) is 1.93. The predicted octanol–water partition coefficient (Wildman–Crippen LogP) is 2.14. The van der Waals surface area contributed by atoms with Crippen LogP contribution >= 0.6 is 0 Å². The molecule has 1 saturated carbocycles. The van der Waals surface area contributed by atoms with Crippen molar-refractivity contribution in [3.63, 3.8) is 0 Å². The highest BCUT2D eigenvalue weighted by Gasteiger charge is 2.27. The number of rotatable bonds is 3. The molecule has 0 bridgehead atoms. The zero-order chi connectivity index (χ0) is 12.4. The fourth-order valence-electron chi connectivity index (χ4n) is 2.19. The van der Waals surface area contributed by atoms with Crippen molar-refractivity contribution in [1.82, 2.24) is 0 Å². The molecule has 1 fully saturated rings. The van der Waals surface area contributed by atoms with Crippen LogP contribution in [0.5, 0.6) is 5.75 Å². The zero-order valence-corrected chi connectivity index (χ0v) is 9.90. The molecule has 1 aromatic rings. The first-order chi connectivity index (χ1) is 8.08. The summed E-state index contributed by atoms with van der Waals surface area (Å²) in [5.41, 5.74) is 6.43. The minimum atomic E-state index is -0.430. The minimum Gasteiger partial charge on any atom is -0.487 e. The van der Waals surface area contributed by atoms with Crippen molar-refractivity contribution in [2.75, 3.05) is 0 Å². The SMILES string of the molecule is C[C@@H](N)c1cc(F)ccc1OC1CCCC1O. The van der Waals surface area contributed by atoms with Crippen molar-refractivity contribution in [3.05, 3.63) is 29.6 Å². The Balaban J connectivity index is 2.19. The van der Waals surface area contributed by atoms with Gasteiger partial charge >= 0.3 is 0 Å². The van der Waals surface area contributed by atoms with E-state index in [4.69, 9.17) is 10.5 Å². The van der Waals surface area contributed by atoms with Gasteiger partial charge in [-0.2, -0.15) is 0 Å². The molecule has 0 amide bonds. The van der Waals surface area contributed by atoms with Gasteiger partial charge in [-0.15, -0.1) is 0 Å². The molecule has 94 valence electrons. The average Bonchev–Trinajstić information content (AvgIpc) is 2.67. The van der Waals surface area contributed by atoms with Crippen molar-refractivity contribution in [1.29, 1.82) is 0 Å². The van der Waals surface area contributed by atoms with E-state index in [-0.39, 0.29) is 18.0 Å². The van der Waals surface area contributed by atoms with E-state index in [9.17, 15) is 9.50 Å². The lowest BCUT2D eigenvalue weighted by Gasteiger charge is -2.20. The van der Waals surface area contributed by atoms with Crippen molar-refractivity contribution in [2.45, 2.75) is 44.4 Å². The third kappa shape index (κ3) is 2.76. The smallest absolute Gasteiger partial charge is 0.124 e. The highest BCUT2D eigenvalue weighted by Crippen LogP contribution is 2.30. The first kappa shape index (κ1) is 12.3. The van der Waals surface area contributed by atoms with Crippen LogP contribution in [0, 0.1) is 5.82 Å². The highest BCUT2D eigenvalue weighted by atomic mass is 19.1. The van der Waals surface area contributed by atoms with E-state index in [1.807, 2.05) is 0 Å². The number of aliphatic hydroxyl groups is 1. The molecule has 0 spiro atoms. The molecule has 1 aromatic carbocycles. The maximum absolute atomic E-state index is 13.1. The minimum absolute atomic E-state index is 0.196. The topological polar surface area (TPSA) is 55.5 Å². The Kier molecular flexibility index (Phi) is 3.64. The summed E-state index contributed by atoms with van der Waals surface area (Å²) in [6.45, 7) is 1.78. The van der Waals surface area contributed by atoms with Crippen LogP contribution < -0.4 is 10.5 Å². The lowest BCUT2D eigenvalue weighted by Crippen LogP contribution is -2.26. The lowest BCUT2D eigenvalue weighted by atomic mass is 10.1. The lowest BCUT2D eigenvalue weighted by molar-refractivity contribution is 0.0595. The standard InChI is InChI=1S/C13H18FNO2/c1-8(15)10-7-9(14)5-6-12(10)17-13-4-2-3-11(13)16/h5-8,11,13,16H,2-4,15H2,1H3/t8-,11?,13?/m1/s1. The van der Waals surface area contributed by atoms with Crippen LogP contribution in [0.25, 0.3) is 0 Å². The molecule has 0 heterocycles. The van der Waals surface area contributed by atoms with E-state index in [0.717, 1.165) is 19.3 Å². The van der Waals surface area contributed by atoms with E-state index in [1.54, 1.807) is 13.0 Å². The molecule has 17 heavy (non-hydrogen) atoms. The molecular formula is C13H18FNO2. The Labute approximate surface area is 100 Å². The fourth-order valence-corrected chi connectivity index (χ4v) is 2.19. The van der Waals surface area contributed by atoms with Gasteiger partial charge in [-0.1, -0.05) is 0 Å². The van der Waals surface area contributed by atoms with Crippen LogP contribution in [-0.4, -0.2) is 17.3 Å². The molecule has 3 N–H and O–H groups in total. The van der Waals surface area contributed by atoms with Crippen LogP contribution in [0.4, 0.5) is 4.39 Å². The Morgan fingerprint density at radius 3 is 2.82 bits per heavy atom. The molecule has 0 aliphatic heterocycles. The fraction of sp³-hybridized carbons (Fsp3) is 0.538. The van der Waals surface area contributed by atoms with Gasteiger partial charge in [-0.05, 0) is 44.4 Å². The van der Waals surface area contributed by atoms with E-state index < -0.39 is 6.10 Å². The van der Waals surface area contributed by atoms with Crippen molar-refractivity contribution in [3.8, 4) is 5.75 Å². The van der Waals surface area contributed by atoms with Crippen molar-refractivity contribution < 1.29 is 14.2 Å². The molecular weight excluding hydrogens is 221 g/mol. The van der Waals surface area contributed by atoms with Crippen LogP contribution in [0.1, 0.15) is 37.8 Å². The van der Waals surface area contributed by atoms with Crippen LogP contribution in [-0.2, 0) is 0 Å². The number of nitrogens with two attached hydrogens (primary N) is 1. The third-order valence-corrected chi connectivity index (χ3v) is 3.16. The number of aliphatic hydroxyl groups excluding tert-OH is 1. The van der Waals surface area contributed by atoms with E-state index in [0.29, 0.717) is 11.3 Å². The van der Waals surface area contributed by atoms with Crippen molar-refractivity contribution in [2.24, 2.45) is 5.73 Å². The molecule has 2 rings (SSSR count). The number of benzene rings is 1. The van der Waals surface area contributed by atoms with Gasteiger partial charge in [-0.3, -0.25) is 0 Å². The molecule has 3 nitrogen and oxygen atoms in total. The van der Waals surface area contributed by atoms with Crippen LogP contribution in [0.15, 0.2) is 18.2 Å². The Morgan fingerprint density at radius 2 is 2.24 bits per heavy atom. The van der Waals surface area contributed by atoms with Gasteiger partial charge in [0, 0.05) is 11.6 Å². The Bertz CT molecular complexity index is 395. The highest BCUT2D eigenvalue weighted by molar-refractivity contribution is 5.36. The number of ether oxygens (including phenoxy) is 1. The summed E-state index contributed by atoms with van der Waals surface area (Å²) < 4.78 is 18.9. The molecule has 1 aliphatic carbocycles. The van der Waals surface area contributed by atoms with Gasteiger partial charge in [0.05, 0.1) is 6.10 Å². The van der Waals surface area contributed by atoms with Gasteiger partial charge < -0.3 is 15.6 Å². The average molecular weight is 239 g/mol. The summed E-state index contributed by atoms with van der Waals surface area (Å²) in [5.74, 6) is 0.254. The van der Waals surface area contributed by atoms with E-state index in [1.165, 1.54) is 12.1 Å². The summed E-state index contributed by atoms with van der Waals surface area (Å²) in [5, 5.41) is 9.70. The molecule has 3 atom stereocenters. The van der Waals surface area contributed by atoms with Crippen molar-refractivity contribution >= 4 is 0 Å². The largest absolute Gasteiger partial charge is 0.487 e. The normalized spacial score (nSPS) is 25.9. The number of hydrogen-bond acceptors (Lipinski definition) is 3. The van der Waals surface area contributed by atoms with Gasteiger partial charge in [0.1, 0.15) is 17.7 Å². The molecule has 0 saturated heterocycles. The predicted molar refractivity (Wildman–Crippen MR) is 63.3 cm³/mol. The molecule has 0 radical (unpaired) electrons. The molecule has 0 aromatic heterocycles. The van der Waals surface area contributed by atoms with Crippen LogP contribution in [0.2, 0.25) is 0 Å². The maximum atomic E-state index is 13.1. The van der Waals surface area contributed by atoms with Gasteiger partial charge in [0.25, 0.3) is 0 Å². The number of halogens is 1. The third-order valence-electron chi connectivity index (χ3n) is 3.16. The monoisotopic (exact) mass is 239 g/mol. The van der Waals surface area contributed by atoms with Gasteiger partial charge in [0.15, 0.2) is 0 Å². The summed E-state index contributed by atoms with van der Waals surface area (Å²) in [4.78, 5) is 0. The Morgan fingerprint density at radius 1 is 1.47 bits per heavy atom. The zero-order valence-electron chi connectivity index (χ0n) is 9.90. The molecule has 4 heteroatoms. The second-order valence-electron chi connectivity index (χ2n) is 4.63. The summed E-state index contributed by atoms with van der Waals surface area (Å²) in [7, 11) is 0. The Hall–Kier alpha value is -1.13. The maximum Gasteiger partial charge on any atom is 0.124 e.